The first-order chi connectivity index (χ1) is 18.2. The Morgan fingerprint density at radius 1 is 0.816 bits per heavy atom. The first-order valence-electron chi connectivity index (χ1n) is 12.0. The number of anilines is 2. The van der Waals surface area contributed by atoms with E-state index in [4.69, 9.17) is 4.98 Å². The fourth-order valence-corrected chi connectivity index (χ4v) is 4.22. The van der Waals surface area contributed by atoms with Gasteiger partial charge in [-0.1, -0.05) is 48.5 Å². The Kier molecular flexibility index (Phi) is 6.75. The zero-order valence-corrected chi connectivity index (χ0v) is 20.8. The van der Waals surface area contributed by atoms with Gasteiger partial charge in [-0.25, -0.2) is 9.37 Å². The van der Waals surface area contributed by atoms with Crippen molar-refractivity contribution in [1.29, 1.82) is 0 Å². The van der Waals surface area contributed by atoms with E-state index in [1.54, 1.807) is 10.7 Å². The van der Waals surface area contributed by atoms with Crippen molar-refractivity contribution in [2.45, 2.75) is 33.1 Å². The number of nitrogens with one attached hydrogen (secondary N) is 2. The van der Waals surface area contributed by atoms with Crippen LogP contribution in [-0.4, -0.2) is 14.6 Å². The van der Waals surface area contributed by atoms with Crippen LogP contribution in [0.1, 0.15) is 27.8 Å². The second-order valence-electron chi connectivity index (χ2n) is 9.12. The molecular weight excluding hydrogens is 494 g/mol. The summed E-state index contributed by atoms with van der Waals surface area (Å²) >= 11 is 0. The van der Waals surface area contributed by atoms with Crippen molar-refractivity contribution in [3.8, 4) is 11.3 Å². The molecule has 0 bridgehead atoms. The van der Waals surface area contributed by atoms with E-state index >= 15 is 0 Å². The van der Waals surface area contributed by atoms with Crippen LogP contribution in [0.4, 0.5) is 29.1 Å². The largest absolute Gasteiger partial charge is 0.419 e. The molecule has 0 aliphatic rings. The lowest BCUT2D eigenvalue weighted by Gasteiger charge is -2.13. The highest BCUT2D eigenvalue weighted by molar-refractivity contribution is 5.70. The SMILES string of the molecule is Cc1ccccc1-c1cc(NCc2ccc(CNc3ccc(F)c(C(F)(F)F)c3)cc2)n2ncc(C)c2n1. The van der Waals surface area contributed by atoms with Gasteiger partial charge in [0.15, 0.2) is 5.65 Å². The second kappa shape index (κ2) is 10.2. The van der Waals surface area contributed by atoms with Crippen molar-refractivity contribution < 1.29 is 17.6 Å². The van der Waals surface area contributed by atoms with E-state index in [-0.39, 0.29) is 5.69 Å². The molecule has 194 valence electrons. The fourth-order valence-electron chi connectivity index (χ4n) is 4.22. The zero-order valence-electron chi connectivity index (χ0n) is 20.8. The summed E-state index contributed by atoms with van der Waals surface area (Å²) in [5.74, 6) is -0.480. The number of fused-ring (bicyclic) bond motifs is 1. The number of benzene rings is 3. The van der Waals surface area contributed by atoms with Crippen LogP contribution in [0.25, 0.3) is 16.9 Å². The number of aromatic nitrogens is 3. The van der Waals surface area contributed by atoms with Gasteiger partial charge in [0.25, 0.3) is 0 Å². The van der Waals surface area contributed by atoms with Crippen LogP contribution in [-0.2, 0) is 19.3 Å². The summed E-state index contributed by atoms with van der Waals surface area (Å²) in [7, 11) is 0. The lowest BCUT2D eigenvalue weighted by Crippen LogP contribution is -2.09. The maximum Gasteiger partial charge on any atom is 0.419 e. The van der Waals surface area contributed by atoms with Crippen LogP contribution in [0.15, 0.2) is 79.0 Å². The molecule has 0 aliphatic carbocycles. The molecule has 5 nitrogen and oxygen atoms in total. The summed E-state index contributed by atoms with van der Waals surface area (Å²) in [5.41, 5.74) is 5.61. The van der Waals surface area contributed by atoms with E-state index < -0.39 is 17.6 Å². The van der Waals surface area contributed by atoms with Gasteiger partial charge in [0.05, 0.1) is 17.5 Å². The molecule has 3 aromatic carbocycles. The molecule has 0 atom stereocenters. The van der Waals surface area contributed by atoms with Gasteiger partial charge in [0, 0.05) is 36.0 Å². The van der Waals surface area contributed by atoms with Crippen molar-refractivity contribution >= 4 is 17.2 Å². The lowest BCUT2D eigenvalue weighted by molar-refractivity contribution is -0.139. The summed E-state index contributed by atoms with van der Waals surface area (Å²) in [6, 6.07) is 20.7. The lowest BCUT2D eigenvalue weighted by atomic mass is 10.1. The molecule has 5 aromatic rings. The highest BCUT2D eigenvalue weighted by atomic mass is 19.4. The van der Waals surface area contributed by atoms with Crippen molar-refractivity contribution in [3.63, 3.8) is 0 Å². The maximum atomic E-state index is 13.5. The Bertz CT molecular complexity index is 1590. The van der Waals surface area contributed by atoms with Gasteiger partial charge in [-0.3, -0.25) is 0 Å². The van der Waals surface area contributed by atoms with Crippen LogP contribution in [0.3, 0.4) is 0 Å². The fraction of sp³-hybridized carbons (Fsp3) is 0.172. The number of hydrogen-bond acceptors (Lipinski definition) is 4. The topological polar surface area (TPSA) is 54.2 Å². The summed E-state index contributed by atoms with van der Waals surface area (Å²) in [6.07, 6.45) is -2.96. The third-order valence-electron chi connectivity index (χ3n) is 6.33. The molecule has 0 aliphatic heterocycles. The average molecular weight is 520 g/mol. The molecule has 0 unspecified atom stereocenters. The maximum absolute atomic E-state index is 13.5. The van der Waals surface area contributed by atoms with E-state index in [1.807, 2.05) is 55.5 Å². The first kappa shape index (κ1) is 25.3. The van der Waals surface area contributed by atoms with Crippen LogP contribution in [0.2, 0.25) is 0 Å². The van der Waals surface area contributed by atoms with Crippen LogP contribution >= 0.6 is 0 Å². The van der Waals surface area contributed by atoms with Crippen LogP contribution in [0.5, 0.6) is 0 Å². The highest BCUT2D eigenvalue weighted by Gasteiger charge is 2.34. The van der Waals surface area contributed by atoms with Crippen LogP contribution < -0.4 is 10.6 Å². The Hall–Kier alpha value is -4.40. The van der Waals surface area contributed by atoms with Crippen molar-refractivity contribution in [3.05, 3.63) is 113 Å². The van der Waals surface area contributed by atoms with Gasteiger partial charge in [-0.2, -0.15) is 22.8 Å². The Labute approximate surface area is 217 Å². The monoisotopic (exact) mass is 519 g/mol. The molecule has 5 rings (SSSR count). The number of rotatable bonds is 7. The minimum atomic E-state index is -4.74. The molecule has 0 amide bonds. The van der Waals surface area contributed by atoms with E-state index in [0.717, 1.165) is 57.1 Å². The van der Waals surface area contributed by atoms with Gasteiger partial charge in [-0.15, -0.1) is 0 Å². The van der Waals surface area contributed by atoms with Crippen LogP contribution in [0, 0.1) is 19.7 Å². The number of aryl methyl sites for hydroxylation is 2. The van der Waals surface area contributed by atoms with Crippen molar-refractivity contribution in [2.75, 3.05) is 10.6 Å². The smallest absolute Gasteiger partial charge is 0.381 e. The molecule has 0 radical (unpaired) electrons. The Balaban J connectivity index is 1.29. The van der Waals surface area contributed by atoms with Gasteiger partial charge in [0.1, 0.15) is 11.6 Å². The molecule has 0 fully saturated rings. The van der Waals surface area contributed by atoms with Gasteiger partial charge < -0.3 is 10.6 Å². The molecule has 0 spiro atoms. The van der Waals surface area contributed by atoms with Gasteiger partial charge in [0.2, 0.25) is 0 Å². The number of hydrogen-bond donors (Lipinski definition) is 2. The van der Waals surface area contributed by atoms with Crippen molar-refractivity contribution in [1.82, 2.24) is 14.6 Å². The third-order valence-corrected chi connectivity index (χ3v) is 6.33. The van der Waals surface area contributed by atoms with E-state index in [0.29, 0.717) is 13.1 Å². The number of halogens is 4. The predicted octanol–water partition coefficient (Wildman–Crippen LogP) is 7.40. The molecule has 0 saturated heterocycles. The van der Waals surface area contributed by atoms with Crippen molar-refractivity contribution in [2.24, 2.45) is 0 Å². The summed E-state index contributed by atoms with van der Waals surface area (Å²) in [6.45, 7) is 4.86. The Morgan fingerprint density at radius 2 is 1.50 bits per heavy atom. The minimum absolute atomic E-state index is 0.199. The zero-order chi connectivity index (χ0) is 26.9. The average Bonchev–Trinajstić information content (AvgIpc) is 3.27. The predicted molar refractivity (Wildman–Crippen MR) is 140 cm³/mol. The minimum Gasteiger partial charge on any atom is -0.381 e. The summed E-state index contributed by atoms with van der Waals surface area (Å²) in [5, 5.41) is 10.8. The molecule has 9 heteroatoms. The van der Waals surface area contributed by atoms with Gasteiger partial charge >= 0.3 is 6.18 Å². The summed E-state index contributed by atoms with van der Waals surface area (Å²) in [4.78, 5) is 4.83. The van der Waals surface area contributed by atoms with E-state index in [1.165, 1.54) is 6.07 Å². The molecule has 0 saturated carbocycles. The molecular formula is C29H25F4N5. The standard InChI is InChI=1S/C29H25F4N5/c1-18-5-3-4-6-23(18)26-14-27(38-28(37-26)19(2)15-36-38)35-17-21-9-7-20(8-10-21)16-34-22-11-12-25(30)24(13-22)29(31,32)33/h3-15,34-35H,16-17H2,1-2H3. The highest BCUT2D eigenvalue weighted by Crippen LogP contribution is 2.33. The number of alkyl halides is 3. The normalized spacial score (nSPS) is 11.6. The van der Waals surface area contributed by atoms with Gasteiger partial charge in [-0.05, 0) is 48.7 Å². The molecule has 2 N–H and O–H groups in total. The Morgan fingerprint density at radius 3 is 2.18 bits per heavy atom. The quantitative estimate of drug-likeness (QED) is 0.220. The van der Waals surface area contributed by atoms with E-state index in [9.17, 15) is 17.6 Å². The third kappa shape index (κ3) is 5.32. The molecule has 2 heterocycles. The van der Waals surface area contributed by atoms with E-state index in [2.05, 4.69) is 28.7 Å². The summed E-state index contributed by atoms with van der Waals surface area (Å²) < 4.78 is 54.2. The second-order valence-corrected chi connectivity index (χ2v) is 9.12. The first-order valence-corrected chi connectivity index (χ1v) is 12.0. The molecule has 38 heavy (non-hydrogen) atoms. The molecule has 2 aromatic heterocycles. The number of nitrogens with zero attached hydrogens (tertiary/aromatic N) is 3.